The van der Waals surface area contributed by atoms with E-state index in [4.69, 9.17) is 5.11 Å². The van der Waals surface area contributed by atoms with Crippen LogP contribution in [0.5, 0.6) is 0 Å². The smallest absolute Gasteiger partial charge is 0.328 e. The predicted molar refractivity (Wildman–Crippen MR) is 94.0 cm³/mol. The largest absolute Gasteiger partial charge is 0.478 e. The van der Waals surface area contributed by atoms with Crippen molar-refractivity contribution in [2.75, 3.05) is 0 Å². The van der Waals surface area contributed by atoms with Crippen molar-refractivity contribution >= 4 is 22.8 Å². The second-order valence-electron chi connectivity index (χ2n) is 5.84. The monoisotopic (exact) mass is 317 g/mol. The Balaban J connectivity index is 2.17. The van der Waals surface area contributed by atoms with Crippen LogP contribution < -0.4 is 5.56 Å². The Morgan fingerprint density at radius 1 is 1.04 bits per heavy atom. The van der Waals surface area contributed by atoms with E-state index in [0.29, 0.717) is 11.9 Å². The van der Waals surface area contributed by atoms with E-state index < -0.39 is 5.97 Å². The van der Waals surface area contributed by atoms with Gasteiger partial charge in [-0.15, -0.1) is 0 Å². The summed E-state index contributed by atoms with van der Waals surface area (Å²) in [7, 11) is 0. The molecule has 0 atom stereocenters. The first-order valence-electron chi connectivity index (χ1n) is 7.81. The number of aliphatic carboxylic acids is 1. The van der Waals surface area contributed by atoms with Gasteiger partial charge in [-0.05, 0) is 29.5 Å². The van der Waals surface area contributed by atoms with E-state index in [1.807, 2.05) is 36.4 Å². The van der Waals surface area contributed by atoms with Crippen LogP contribution in [0.1, 0.15) is 11.1 Å². The van der Waals surface area contributed by atoms with Crippen LogP contribution in [0.15, 0.2) is 59.4 Å². The number of hydrogen-bond donors (Lipinski definition) is 1. The fraction of sp³-hybridized carbons (Fsp3) is 0.100. The van der Waals surface area contributed by atoms with E-state index >= 15 is 0 Å². The molecule has 0 aliphatic carbocycles. The van der Waals surface area contributed by atoms with Crippen molar-refractivity contribution in [2.24, 2.45) is 0 Å². The summed E-state index contributed by atoms with van der Waals surface area (Å²) < 4.78 is 1.77. The van der Waals surface area contributed by atoms with Crippen LogP contribution in [0.3, 0.4) is 0 Å². The fourth-order valence-electron chi connectivity index (χ4n) is 3.45. The summed E-state index contributed by atoms with van der Waals surface area (Å²) in [5.41, 5.74) is 3.73. The molecule has 0 bridgehead atoms. The normalized spacial score (nSPS) is 13.0. The van der Waals surface area contributed by atoms with Gasteiger partial charge in [0.2, 0.25) is 0 Å². The van der Waals surface area contributed by atoms with Gasteiger partial charge in [0.1, 0.15) is 0 Å². The lowest BCUT2D eigenvalue weighted by Gasteiger charge is -2.24. The van der Waals surface area contributed by atoms with Crippen molar-refractivity contribution in [3.63, 3.8) is 0 Å². The molecule has 2 heterocycles. The number of carbonyl (C=O) groups is 1. The van der Waals surface area contributed by atoms with Gasteiger partial charge >= 0.3 is 5.97 Å². The average Bonchev–Trinajstić information content (AvgIpc) is 2.61. The lowest BCUT2D eigenvalue weighted by molar-refractivity contribution is -0.131. The second kappa shape index (κ2) is 5.49. The molecule has 1 aliphatic rings. The quantitative estimate of drug-likeness (QED) is 0.738. The zero-order chi connectivity index (χ0) is 16.7. The summed E-state index contributed by atoms with van der Waals surface area (Å²) in [4.78, 5) is 23.9. The molecule has 0 fully saturated rings. The molecule has 4 nitrogen and oxygen atoms in total. The van der Waals surface area contributed by atoms with Crippen LogP contribution in [0.4, 0.5) is 0 Å². The van der Waals surface area contributed by atoms with Crippen molar-refractivity contribution in [3.05, 3.63) is 76.1 Å². The molecule has 1 aromatic heterocycles. The number of carboxylic acids is 1. The number of aromatic nitrogens is 1. The summed E-state index contributed by atoms with van der Waals surface area (Å²) in [6.45, 7) is 0.601. The molecule has 4 heteroatoms. The molecule has 0 spiro atoms. The van der Waals surface area contributed by atoms with Crippen LogP contribution in [0, 0.1) is 0 Å². The van der Waals surface area contributed by atoms with E-state index in [-0.39, 0.29) is 5.56 Å². The third-order valence-corrected chi connectivity index (χ3v) is 4.49. The number of benzene rings is 2. The molecule has 1 aliphatic heterocycles. The fourth-order valence-corrected chi connectivity index (χ4v) is 3.45. The summed E-state index contributed by atoms with van der Waals surface area (Å²) >= 11 is 0. The van der Waals surface area contributed by atoms with Gasteiger partial charge in [-0.2, -0.15) is 0 Å². The number of pyridine rings is 1. The van der Waals surface area contributed by atoms with Gasteiger partial charge in [-0.25, -0.2) is 4.79 Å². The molecule has 118 valence electrons. The summed E-state index contributed by atoms with van der Waals surface area (Å²) in [6, 6.07) is 15.3. The van der Waals surface area contributed by atoms with Crippen molar-refractivity contribution in [2.45, 2.75) is 13.0 Å². The lowest BCUT2D eigenvalue weighted by Crippen LogP contribution is -2.27. The minimum atomic E-state index is -1.01. The van der Waals surface area contributed by atoms with E-state index in [2.05, 4.69) is 6.07 Å². The maximum absolute atomic E-state index is 12.9. The number of rotatable bonds is 2. The Bertz CT molecular complexity index is 1060. The molecule has 3 aromatic rings. The van der Waals surface area contributed by atoms with Gasteiger partial charge in [0.25, 0.3) is 5.56 Å². The zero-order valence-electron chi connectivity index (χ0n) is 12.9. The molecular weight excluding hydrogens is 302 g/mol. The number of aryl methyl sites for hydroxylation is 1. The Labute approximate surface area is 138 Å². The van der Waals surface area contributed by atoms with Crippen LogP contribution in [-0.2, 0) is 17.8 Å². The predicted octanol–water partition coefficient (Wildman–Crippen LogP) is 3.32. The second-order valence-corrected chi connectivity index (χ2v) is 5.84. The van der Waals surface area contributed by atoms with Gasteiger partial charge in [-0.3, -0.25) is 4.79 Å². The number of carboxylic acid groups (broad SMARTS) is 1. The van der Waals surface area contributed by atoms with Crippen molar-refractivity contribution < 1.29 is 9.90 Å². The van der Waals surface area contributed by atoms with Crippen LogP contribution in [0.2, 0.25) is 0 Å². The molecule has 1 N–H and O–H groups in total. The highest BCUT2D eigenvalue weighted by atomic mass is 16.4. The first kappa shape index (κ1) is 14.5. The molecule has 0 saturated heterocycles. The zero-order valence-corrected chi connectivity index (χ0v) is 12.9. The highest BCUT2D eigenvalue weighted by molar-refractivity contribution is 5.99. The maximum atomic E-state index is 12.9. The first-order valence-corrected chi connectivity index (χ1v) is 7.81. The number of fused-ring (bicyclic) bond motifs is 4. The number of nitrogens with zero attached hydrogens (tertiary/aromatic N) is 1. The molecule has 24 heavy (non-hydrogen) atoms. The third-order valence-electron chi connectivity index (χ3n) is 4.49. The van der Waals surface area contributed by atoms with E-state index in [0.717, 1.165) is 34.7 Å². The topological polar surface area (TPSA) is 59.3 Å². The lowest BCUT2D eigenvalue weighted by atomic mass is 9.91. The minimum Gasteiger partial charge on any atom is -0.478 e. The summed E-state index contributed by atoms with van der Waals surface area (Å²) in [5.74, 6) is -1.01. The van der Waals surface area contributed by atoms with E-state index in [1.165, 1.54) is 5.56 Å². The van der Waals surface area contributed by atoms with Crippen molar-refractivity contribution in [3.8, 4) is 11.3 Å². The average molecular weight is 317 g/mol. The van der Waals surface area contributed by atoms with Crippen LogP contribution in [0.25, 0.3) is 28.1 Å². The maximum Gasteiger partial charge on any atom is 0.328 e. The first-order chi connectivity index (χ1) is 11.7. The van der Waals surface area contributed by atoms with Crippen LogP contribution >= 0.6 is 0 Å². The molecular formula is C20H15NO3. The SMILES string of the molecule is O=C(O)/C=C/c1c2n(c(=O)c3ccccc13)CCc1ccccc1-2. The summed E-state index contributed by atoms with van der Waals surface area (Å²) in [6.07, 6.45) is 3.52. The standard InChI is InChI=1S/C20H15NO3/c22-18(23)10-9-16-15-7-3-4-8-17(15)20(24)21-12-11-13-5-1-2-6-14(13)19(16)21/h1-10H,11-12H2,(H,22,23)/b10-9+. The van der Waals surface area contributed by atoms with E-state index in [1.54, 1.807) is 16.7 Å². The molecule has 2 aromatic carbocycles. The minimum absolute atomic E-state index is 0.0254. The van der Waals surface area contributed by atoms with Crippen molar-refractivity contribution in [1.29, 1.82) is 0 Å². The molecule has 4 rings (SSSR count). The molecule has 0 radical (unpaired) electrons. The molecule has 0 saturated carbocycles. The Morgan fingerprint density at radius 3 is 2.54 bits per heavy atom. The van der Waals surface area contributed by atoms with Crippen LogP contribution in [-0.4, -0.2) is 15.6 Å². The Morgan fingerprint density at radius 2 is 1.75 bits per heavy atom. The molecule has 0 amide bonds. The van der Waals surface area contributed by atoms with Gasteiger partial charge in [0.15, 0.2) is 0 Å². The van der Waals surface area contributed by atoms with Gasteiger partial charge in [-0.1, -0.05) is 42.5 Å². The highest BCUT2D eigenvalue weighted by Gasteiger charge is 2.22. The highest BCUT2D eigenvalue weighted by Crippen LogP contribution is 2.34. The Hall–Kier alpha value is -3.14. The van der Waals surface area contributed by atoms with Gasteiger partial charge in [0, 0.05) is 29.1 Å². The molecule has 0 unspecified atom stereocenters. The van der Waals surface area contributed by atoms with E-state index in [9.17, 15) is 9.59 Å². The van der Waals surface area contributed by atoms with Crippen molar-refractivity contribution in [1.82, 2.24) is 4.57 Å². The van der Waals surface area contributed by atoms with Gasteiger partial charge < -0.3 is 9.67 Å². The third kappa shape index (κ3) is 2.15. The summed E-state index contributed by atoms with van der Waals surface area (Å²) in [5, 5.41) is 10.4. The number of hydrogen-bond acceptors (Lipinski definition) is 2. The van der Waals surface area contributed by atoms with Gasteiger partial charge in [0.05, 0.1) is 5.69 Å². The Kier molecular flexibility index (Phi) is 3.31.